The lowest BCUT2D eigenvalue weighted by Gasteiger charge is -2.36. The summed E-state index contributed by atoms with van der Waals surface area (Å²) in [5.41, 5.74) is 10.7. The van der Waals surface area contributed by atoms with Crippen molar-refractivity contribution in [2.75, 3.05) is 0 Å². The van der Waals surface area contributed by atoms with Gasteiger partial charge in [-0.15, -0.1) is 13.2 Å². The summed E-state index contributed by atoms with van der Waals surface area (Å²) in [5.74, 6) is 8.77. The zero-order chi connectivity index (χ0) is 102. The maximum atomic E-state index is 13.7. The molecule has 5 saturated carbocycles. The van der Waals surface area contributed by atoms with E-state index in [1.165, 1.54) is 166 Å². The monoisotopic (exact) mass is 1960 g/mol. The minimum absolute atomic E-state index is 0.0194. The highest BCUT2D eigenvalue weighted by atomic mass is 19.4. The molecule has 0 bridgehead atoms. The van der Waals surface area contributed by atoms with Crippen LogP contribution in [0.25, 0.3) is 11.1 Å². The first-order chi connectivity index (χ1) is 68.6. The third-order valence-corrected chi connectivity index (χ3v) is 26.3. The van der Waals surface area contributed by atoms with Crippen molar-refractivity contribution < 1.29 is 110 Å². The van der Waals surface area contributed by atoms with Crippen LogP contribution in [0.1, 0.15) is 244 Å². The summed E-state index contributed by atoms with van der Waals surface area (Å²) in [6, 6.07) is 71.6. The number of hydrogen-bond donors (Lipinski definition) is 0. The molecule has 12 aromatic rings. The van der Waals surface area contributed by atoms with Gasteiger partial charge in [-0.25, -0.2) is 45.1 Å². The highest BCUT2D eigenvalue weighted by Gasteiger charge is 2.36. The van der Waals surface area contributed by atoms with E-state index in [1.807, 2.05) is 111 Å². The molecule has 0 unspecified atom stereocenters. The van der Waals surface area contributed by atoms with E-state index in [-0.39, 0.29) is 58.2 Å². The summed E-state index contributed by atoms with van der Waals surface area (Å²) >= 11 is 0. The van der Waals surface area contributed by atoms with Crippen LogP contribution in [0.15, 0.2) is 273 Å². The van der Waals surface area contributed by atoms with Gasteiger partial charge in [-0.2, -0.15) is 8.78 Å². The van der Waals surface area contributed by atoms with E-state index < -0.39 is 71.5 Å². The van der Waals surface area contributed by atoms with E-state index in [0.717, 1.165) is 139 Å². The Labute approximate surface area is 827 Å². The van der Waals surface area contributed by atoms with Gasteiger partial charge < -0.3 is 33.2 Å². The molecule has 17 rings (SSSR count). The smallest absolute Gasteiger partial charge is 0.435 e. The average molecular weight is 1960 g/mol. The molecule has 0 N–H and O–H groups in total. The van der Waals surface area contributed by atoms with Crippen LogP contribution >= 0.6 is 0 Å². The first-order valence-electron chi connectivity index (χ1n) is 48.3. The molecule has 5 aliphatic rings. The molecule has 0 spiro atoms. The van der Waals surface area contributed by atoms with E-state index in [2.05, 4.69) is 60.9 Å². The van der Waals surface area contributed by atoms with Crippen molar-refractivity contribution in [2.45, 2.75) is 195 Å². The van der Waals surface area contributed by atoms with Crippen LogP contribution in [0.4, 0.5) is 52.7 Å². The summed E-state index contributed by atoms with van der Waals surface area (Å²) in [6.07, 6.45) is 17.7. The fourth-order valence-corrected chi connectivity index (χ4v) is 17.6. The second-order valence-electron chi connectivity index (χ2n) is 37.2. The largest absolute Gasteiger partial charge is 0.573 e. The van der Waals surface area contributed by atoms with Crippen LogP contribution in [0.5, 0.6) is 40.2 Å². The molecular weight excluding hydrogens is 1850 g/mol. The summed E-state index contributed by atoms with van der Waals surface area (Å²) in [6.45, 7) is 10.2. The van der Waals surface area contributed by atoms with Gasteiger partial charge in [0.2, 0.25) is 5.75 Å². The van der Waals surface area contributed by atoms with Crippen molar-refractivity contribution in [1.82, 2.24) is 0 Å². The van der Waals surface area contributed by atoms with Crippen molar-refractivity contribution in [3.63, 3.8) is 0 Å². The number of rotatable bonds is 17. The SMILES string of the molecule is CC1CCC(C(=O)Oc2ccc(C(=O)Oc3ccc(F)cc3)cc2)CC1.CC1CCC(C2CCC(C(=O)Oc3ccc(-c4ccc(F)cc4)cc3)CC2)CC1.CC1CCC(c2ccc(C(=O)Oc3cc(F)c(OC(F)(F)F)c(F)c3)cc2)CC1.CC1CCC(c2ccc(C(=O)Oc3ccc(OC(F)F)cc3)cc2)CC1.Cc1ccc(C#Cc2ccc(F)c(F)c2)cc1.Cc1ccc(C#Cc2ccc(F)cc2)cc1. The summed E-state index contributed by atoms with van der Waals surface area (Å²) in [4.78, 5) is 61.4. The fourth-order valence-electron chi connectivity index (χ4n) is 17.6. The lowest BCUT2D eigenvalue weighted by molar-refractivity contribution is -0.276. The quantitative estimate of drug-likeness (QED) is 0.0369. The van der Waals surface area contributed by atoms with Crippen LogP contribution in [0.3, 0.4) is 0 Å². The molecular formula is C119H114F12O12. The molecule has 5 aliphatic carbocycles. The molecule has 143 heavy (non-hydrogen) atoms. The average Bonchev–Trinajstić information content (AvgIpc) is 0.860. The molecule has 0 atom stereocenters. The highest BCUT2D eigenvalue weighted by Crippen LogP contribution is 2.44. The molecule has 0 heterocycles. The number of esters is 5. The molecule has 0 saturated heterocycles. The summed E-state index contributed by atoms with van der Waals surface area (Å²) < 4.78 is 186. The van der Waals surface area contributed by atoms with Gasteiger partial charge in [-0.1, -0.05) is 174 Å². The zero-order valence-electron chi connectivity index (χ0n) is 80.4. The Morgan fingerprint density at radius 2 is 0.580 bits per heavy atom. The van der Waals surface area contributed by atoms with Crippen molar-refractivity contribution in [2.24, 2.45) is 47.3 Å². The Morgan fingerprint density at radius 1 is 0.294 bits per heavy atom. The summed E-state index contributed by atoms with van der Waals surface area (Å²) in [5, 5.41) is 0. The Kier molecular flexibility index (Phi) is 40.0. The Bertz CT molecular complexity index is 6170. The minimum Gasteiger partial charge on any atom is -0.435 e. The number of hydrogen-bond acceptors (Lipinski definition) is 12. The normalized spacial score (nSPS) is 18.9. The number of halogens is 12. The predicted molar refractivity (Wildman–Crippen MR) is 525 cm³/mol. The lowest BCUT2D eigenvalue weighted by Crippen LogP contribution is -2.29. The molecule has 5 fully saturated rings. The second kappa shape index (κ2) is 53.1. The van der Waals surface area contributed by atoms with Gasteiger partial charge in [0.25, 0.3) is 0 Å². The van der Waals surface area contributed by atoms with E-state index in [1.54, 1.807) is 60.7 Å². The third kappa shape index (κ3) is 35.2. The number of aryl methyl sites for hydroxylation is 2. The Morgan fingerprint density at radius 3 is 0.965 bits per heavy atom. The maximum absolute atomic E-state index is 13.7. The van der Waals surface area contributed by atoms with E-state index in [4.69, 9.17) is 23.7 Å². The third-order valence-electron chi connectivity index (χ3n) is 26.3. The van der Waals surface area contributed by atoms with Gasteiger partial charge in [0, 0.05) is 34.4 Å². The highest BCUT2D eigenvalue weighted by molar-refractivity contribution is 5.92. The molecule has 0 aliphatic heterocycles. The number of alkyl halides is 5. The Balaban J connectivity index is 0.000000155. The maximum Gasteiger partial charge on any atom is 0.573 e. The molecule has 24 heteroatoms. The van der Waals surface area contributed by atoms with Crippen molar-refractivity contribution in [1.29, 1.82) is 0 Å². The van der Waals surface area contributed by atoms with Crippen LogP contribution in [0, 0.1) is 126 Å². The van der Waals surface area contributed by atoms with Crippen molar-refractivity contribution >= 4 is 29.8 Å². The fraction of sp³-hybridized carbons (Fsp3) is 0.319. The molecule has 0 radical (unpaired) electrons. The van der Waals surface area contributed by atoms with Gasteiger partial charge in [-0.05, 0) is 361 Å². The van der Waals surface area contributed by atoms with Gasteiger partial charge in [0.1, 0.15) is 51.9 Å². The van der Waals surface area contributed by atoms with Crippen molar-refractivity contribution in [3.8, 4) is 75.1 Å². The van der Waals surface area contributed by atoms with Gasteiger partial charge in [-0.3, -0.25) is 9.59 Å². The number of benzene rings is 12. The molecule has 0 amide bonds. The van der Waals surface area contributed by atoms with Crippen LogP contribution in [0.2, 0.25) is 0 Å². The Hall–Kier alpha value is -14.1. The van der Waals surface area contributed by atoms with Gasteiger partial charge in [0.05, 0.1) is 28.5 Å². The van der Waals surface area contributed by atoms with Crippen LogP contribution < -0.4 is 33.2 Å². The van der Waals surface area contributed by atoms with Gasteiger partial charge >= 0.3 is 42.8 Å². The lowest BCUT2D eigenvalue weighted by atomic mass is 9.69. The standard InChI is InChI=1S/C26H31FO2.C21H19F5O3.C21H22F2O3.C21H21FO4.C15H10F2.C15H11F/c1-18-2-4-19(5-3-18)20-6-8-23(9-7-20)26(28)29-25-16-12-22(13-17-25)21-10-14-24(27)15-11-21;1-12-2-4-13(5-3-12)14-6-8-15(9-7-14)20(27)28-16-10-17(22)19(18(23)11-16)29-21(24,25)26;1-14-2-4-15(5-3-14)16-6-8-17(9-7-16)20(24)25-18-10-12-19(13-11-18)26-21(22)23;1-14-2-4-15(5-3-14)20(23)25-18-10-6-16(7-11-18)21(24)26-19-12-8-17(22)9-13-19;1-11-2-4-12(5-3-11)6-7-13-8-9-14(16)15(17)10-13;1-12-2-4-13(5-3-12)6-7-14-8-10-15(16)11-9-14/h10-20,23H,2-9H2,1H3;6-13H,2-5H2,1H3;6-15,21H,2-5H2,1H3;6-15H,2-5H2,1H3;2-5,8-10H,1H3;2-5,8-11H,1H3. The first kappa shape index (κ1) is 108. The molecule has 746 valence electrons. The number of ether oxygens (including phenoxy) is 7. The van der Waals surface area contributed by atoms with Crippen molar-refractivity contribution in [3.05, 3.63) is 375 Å². The van der Waals surface area contributed by atoms with E-state index >= 15 is 0 Å². The van der Waals surface area contributed by atoms with Crippen LogP contribution in [-0.4, -0.2) is 42.8 Å². The second-order valence-corrected chi connectivity index (χ2v) is 37.2. The van der Waals surface area contributed by atoms with E-state index in [0.29, 0.717) is 64.0 Å². The van der Waals surface area contributed by atoms with Crippen LogP contribution in [-0.2, 0) is 9.59 Å². The molecule has 0 aromatic heterocycles. The first-order valence-corrected chi connectivity index (χ1v) is 48.3. The zero-order valence-corrected chi connectivity index (χ0v) is 80.4. The molecule has 12 nitrogen and oxygen atoms in total. The number of carbonyl (C=O) groups is 5. The van der Waals surface area contributed by atoms with Gasteiger partial charge in [0.15, 0.2) is 23.3 Å². The minimum atomic E-state index is -5.25. The number of carbonyl (C=O) groups excluding carboxylic acids is 5. The van der Waals surface area contributed by atoms with E-state index in [9.17, 15) is 76.7 Å². The predicted octanol–water partition coefficient (Wildman–Crippen LogP) is 31.2. The summed E-state index contributed by atoms with van der Waals surface area (Å²) in [7, 11) is 0. The molecule has 12 aromatic carbocycles. The topological polar surface area (TPSA) is 150 Å².